The number of hydrogen-bond donors (Lipinski definition) is 2. The summed E-state index contributed by atoms with van der Waals surface area (Å²) < 4.78 is 7.63. The molecule has 2 aliphatic rings. The predicted octanol–water partition coefficient (Wildman–Crippen LogP) is 5.92. The molecular weight excluding hydrogens is 509 g/mol. The van der Waals surface area contributed by atoms with Crippen LogP contribution in [0, 0.1) is 0 Å². The number of amides is 2. The van der Waals surface area contributed by atoms with E-state index in [1.54, 1.807) is 7.11 Å². The van der Waals surface area contributed by atoms with Crippen molar-refractivity contribution in [3.05, 3.63) is 70.2 Å². The Bertz CT molecular complexity index is 1520. The van der Waals surface area contributed by atoms with Crippen LogP contribution in [0.3, 0.4) is 0 Å². The quantitative estimate of drug-likeness (QED) is 0.236. The van der Waals surface area contributed by atoms with Gasteiger partial charge in [-0.25, -0.2) is 0 Å². The highest BCUT2D eigenvalue weighted by molar-refractivity contribution is 6.36. The maximum Gasteiger partial charge on any atom is 0.259 e. The van der Waals surface area contributed by atoms with Crippen LogP contribution in [-0.4, -0.2) is 43.2 Å². The highest BCUT2D eigenvalue weighted by Gasteiger charge is 2.35. The maximum absolute atomic E-state index is 13.2. The second-order valence-electron chi connectivity index (χ2n) is 9.63. The third-order valence-corrected chi connectivity index (χ3v) is 7.89. The maximum atomic E-state index is 13.2. The summed E-state index contributed by atoms with van der Waals surface area (Å²) in [5.41, 5.74) is 5.61. The van der Waals surface area contributed by atoms with Crippen molar-refractivity contribution in [1.29, 1.82) is 0 Å². The van der Waals surface area contributed by atoms with Crippen molar-refractivity contribution < 1.29 is 14.3 Å². The summed E-state index contributed by atoms with van der Waals surface area (Å²) in [7, 11) is 1.71. The second kappa shape index (κ2) is 10.5. The van der Waals surface area contributed by atoms with Crippen LogP contribution in [0.1, 0.15) is 51.5 Å². The molecular formula is C29H29Cl2N3O3. The van der Waals surface area contributed by atoms with Crippen LogP contribution < -0.4 is 10.6 Å². The number of aromatic nitrogens is 1. The van der Waals surface area contributed by atoms with Crippen molar-refractivity contribution in [3.63, 3.8) is 0 Å². The molecule has 6 rings (SSSR count). The Morgan fingerprint density at radius 3 is 2.49 bits per heavy atom. The standard InChI is InChI=1S/C29H28ClN3O3.ClH/c1-36-14-4-13-33-23-15-18(17-9-11-31-12-10-17)7-8-20(23)25-24(33)16-21(19-5-2-3-6-22(19)30)26-27(25)29(35)32-28(26)34;/h2-3,5-8,15-17,31H,4,9-14H2,1H3,(H,32,34,35);1H. The molecule has 0 bridgehead atoms. The van der Waals surface area contributed by atoms with Gasteiger partial charge in [-0.1, -0.05) is 41.9 Å². The Kier molecular flexibility index (Phi) is 7.28. The van der Waals surface area contributed by atoms with Crippen molar-refractivity contribution in [2.75, 3.05) is 26.8 Å². The normalized spacial score (nSPS) is 15.7. The number of nitrogens with zero attached hydrogens (tertiary/aromatic N) is 1. The number of rotatable bonds is 6. The Hall–Kier alpha value is -2.90. The van der Waals surface area contributed by atoms with E-state index >= 15 is 0 Å². The van der Waals surface area contributed by atoms with Gasteiger partial charge in [-0.15, -0.1) is 12.4 Å². The summed E-state index contributed by atoms with van der Waals surface area (Å²) in [5, 5.41) is 8.35. The Balaban J connectivity index is 0.00000280. The van der Waals surface area contributed by atoms with Crippen molar-refractivity contribution in [2.45, 2.75) is 31.7 Å². The molecule has 4 aromatic rings. The molecule has 1 saturated heterocycles. The number of aryl methyl sites for hydroxylation is 1. The van der Waals surface area contributed by atoms with Gasteiger partial charge in [-0.3, -0.25) is 14.9 Å². The highest BCUT2D eigenvalue weighted by atomic mass is 35.5. The number of benzene rings is 3. The largest absolute Gasteiger partial charge is 0.385 e. The molecule has 1 fully saturated rings. The molecule has 8 heteroatoms. The summed E-state index contributed by atoms with van der Waals surface area (Å²) in [6, 6.07) is 16.1. The number of piperidine rings is 1. The van der Waals surface area contributed by atoms with Crippen molar-refractivity contribution >= 4 is 57.6 Å². The van der Waals surface area contributed by atoms with Gasteiger partial charge in [0.1, 0.15) is 0 Å². The number of imide groups is 1. The van der Waals surface area contributed by atoms with Crippen molar-refractivity contribution in [1.82, 2.24) is 15.2 Å². The second-order valence-corrected chi connectivity index (χ2v) is 10.0. The molecule has 0 aliphatic carbocycles. The Labute approximate surface area is 226 Å². The molecule has 0 unspecified atom stereocenters. The van der Waals surface area contributed by atoms with Crippen LogP contribution in [0.4, 0.5) is 0 Å². The third-order valence-electron chi connectivity index (χ3n) is 7.57. The summed E-state index contributed by atoms with van der Waals surface area (Å²) in [4.78, 5) is 26.2. The molecule has 3 heterocycles. The van der Waals surface area contributed by atoms with Crippen LogP contribution in [0.25, 0.3) is 32.9 Å². The zero-order chi connectivity index (χ0) is 24.8. The lowest BCUT2D eigenvalue weighted by molar-refractivity contribution is 0.0880. The van der Waals surface area contributed by atoms with E-state index in [4.69, 9.17) is 16.3 Å². The molecule has 192 valence electrons. The average Bonchev–Trinajstić information content (AvgIpc) is 3.37. The smallest absolute Gasteiger partial charge is 0.259 e. The van der Waals surface area contributed by atoms with Gasteiger partial charge in [0, 0.05) is 47.1 Å². The van der Waals surface area contributed by atoms with Gasteiger partial charge in [0.25, 0.3) is 11.8 Å². The molecule has 2 amide bonds. The Morgan fingerprint density at radius 2 is 1.73 bits per heavy atom. The molecule has 0 radical (unpaired) electrons. The fourth-order valence-corrected chi connectivity index (χ4v) is 6.11. The minimum absolute atomic E-state index is 0. The first-order valence-electron chi connectivity index (χ1n) is 12.5. The van der Waals surface area contributed by atoms with Gasteiger partial charge >= 0.3 is 0 Å². The number of nitrogens with one attached hydrogen (secondary N) is 2. The minimum Gasteiger partial charge on any atom is -0.385 e. The summed E-state index contributed by atoms with van der Waals surface area (Å²) in [6.07, 6.45) is 3.05. The number of fused-ring (bicyclic) bond motifs is 5. The molecule has 37 heavy (non-hydrogen) atoms. The topological polar surface area (TPSA) is 72.4 Å². The molecule has 0 saturated carbocycles. The summed E-state index contributed by atoms with van der Waals surface area (Å²) in [5.74, 6) is -0.221. The lowest BCUT2D eigenvalue weighted by atomic mass is 9.89. The molecule has 2 N–H and O–H groups in total. The first-order valence-corrected chi connectivity index (χ1v) is 12.9. The van der Waals surface area contributed by atoms with E-state index in [2.05, 4.69) is 33.4 Å². The molecule has 2 aliphatic heterocycles. The first-order chi connectivity index (χ1) is 17.6. The molecule has 6 nitrogen and oxygen atoms in total. The molecule has 0 atom stereocenters. The summed E-state index contributed by atoms with van der Waals surface area (Å²) in [6.45, 7) is 3.42. The first kappa shape index (κ1) is 25.7. The minimum atomic E-state index is -0.376. The van der Waals surface area contributed by atoms with E-state index < -0.39 is 0 Å². The van der Waals surface area contributed by atoms with E-state index in [0.29, 0.717) is 34.2 Å². The summed E-state index contributed by atoms with van der Waals surface area (Å²) >= 11 is 6.58. The van der Waals surface area contributed by atoms with E-state index in [0.717, 1.165) is 66.3 Å². The lowest BCUT2D eigenvalue weighted by Gasteiger charge is -2.23. The average molecular weight is 538 g/mol. The van der Waals surface area contributed by atoms with Gasteiger partial charge in [0.2, 0.25) is 0 Å². The zero-order valence-electron chi connectivity index (χ0n) is 20.6. The van der Waals surface area contributed by atoms with Gasteiger partial charge < -0.3 is 14.6 Å². The van der Waals surface area contributed by atoms with Gasteiger partial charge in [-0.2, -0.15) is 0 Å². The van der Waals surface area contributed by atoms with Gasteiger partial charge in [0.05, 0.1) is 16.6 Å². The number of hydrogen-bond acceptors (Lipinski definition) is 4. The number of halogens is 2. The number of methoxy groups -OCH3 is 1. The predicted molar refractivity (Wildman–Crippen MR) is 150 cm³/mol. The zero-order valence-corrected chi connectivity index (χ0v) is 22.2. The number of ether oxygens (including phenoxy) is 1. The van der Waals surface area contributed by atoms with Crippen LogP contribution in [0.5, 0.6) is 0 Å². The number of carbonyl (C=O) groups excluding carboxylic acids is 2. The fraction of sp³-hybridized carbons (Fsp3) is 0.310. The van der Waals surface area contributed by atoms with Crippen molar-refractivity contribution in [3.8, 4) is 11.1 Å². The van der Waals surface area contributed by atoms with Crippen molar-refractivity contribution in [2.24, 2.45) is 0 Å². The van der Waals surface area contributed by atoms with Gasteiger partial charge in [0.15, 0.2) is 0 Å². The SMILES string of the molecule is COCCCn1c2cc(C3CCNCC3)ccc2c2c3c(c(-c4ccccc4Cl)cc21)C(=O)NC3=O.Cl. The molecule has 3 aromatic carbocycles. The molecule has 1 aromatic heterocycles. The van der Waals surface area contributed by atoms with E-state index in [-0.39, 0.29) is 24.2 Å². The van der Waals surface area contributed by atoms with Gasteiger partial charge in [-0.05, 0) is 67.6 Å². The van der Waals surface area contributed by atoms with E-state index in [9.17, 15) is 9.59 Å². The van der Waals surface area contributed by atoms with Crippen LogP contribution in [0.2, 0.25) is 5.02 Å². The monoisotopic (exact) mass is 537 g/mol. The Morgan fingerprint density at radius 1 is 0.973 bits per heavy atom. The van der Waals surface area contributed by atoms with Crippen LogP contribution >= 0.6 is 24.0 Å². The third kappa shape index (κ3) is 4.32. The fourth-order valence-electron chi connectivity index (χ4n) is 5.87. The van der Waals surface area contributed by atoms with Crippen LogP contribution in [-0.2, 0) is 11.3 Å². The molecule has 0 spiro atoms. The lowest BCUT2D eigenvalue weighted by Crippen LogP contribution is -2.26. The van der Waals surface area contributed by atoms with E-state index in [1.165, 1.54) is 5.56 Å². The van der Waals surface area contributed by atoms with Crippen LogP contribution in [0.15, 0.2) is 48.5 Å². The number of carbonyl (C=O) groups is 2. The highest BCUT2D eigenvalue weighted by Crippen LogP contribution is 2.43. The van der Waals surface area contributed by atoms with E-state index in [1.807, 2.05) is 30.3 Å².